The predicted octanol–water partition coefficient (Wildman–Crippen LogP) is 8.53. The summed E-state index contributed by atoms with van der Waals surface area (Å²) in [6, 6.07) is 15.5. The summed E-state index contributed by atoms with van der Waals surface area (Å²) in [7, 11) is 3.23. The molecule has 0 saturated heterocycles. The smallest absolute Gasteiger partial charge is 0.152 e. The number of carbonyl (C=O) groups is 1. The zero-order chi connectivity index (χ0) is 34.9. The summed E-state index contributed by atoms with van der Waals surface area (Å²) in [6.07, 6.45) is 6.42. The first-order valence-electron chi connectivity index (χ1n) is 17.2. The molecule has 4 aromatic carbocycles. The maximum Gasteiger partial charge on any atom is 0.152 e. The largest absolute Gasteiger partial charge is 0.496 e. The van der Waals surface area contributed by atoms with Gasteiger partial charge in [0, 0.05) is 66.0 Å². The molecule has 2 N–H and O–H groups in total. The second kappa shape index (κ2) is 14.1. The van der Waals surface area contributed by atoms with E-state index in [1.807, 2.05) is 12.3 Å². The van der Waals surface area contributed by atoms with Gasteiger partial charge in [0.05, 0.1) is 25.3 Å². The number of carbonyl (C=O) groups excluding carboxylic acids is 1. The van der Waals surface area contributed by atoms with Gasteiger partial charge in [0.1, 0.15) is 23.1 Å². The number of H-pyrrole nitrogens is 2. The van der Waals surface area contributed by atoms with Crippen LogP contribution in [-0.2, 0) is 25.9 Å². The first kappa shape index (κ1) is 33.5. The molecule has 2 aliphatic rings. The molecule has 0 fully saturated rings. The van der Waals surface area contributed by atoms with E-state index in [0.29, 0.717) is 17.1 Å². The number of aldehydes is 1. The number of rotatable bonds is 7. The molecule has 2 aromatic heterocycles. The number of halogens is 2. The Kier molecular flexibility index (Phi) is 9.44. The highest BCUT2D eigenvalue weighted by Crippen LogP contribution is 2.41. The van der Waals surface area contributed by atoms with Crippen LogP contribution in [0.4, 0.5) is 8.78 Å². The number of hydrogen-bond donors (Lipinski definition) is 2. The van der Waals surface area contributed by atoms with Gasteiger partial charge in [-0.3, -0.25) is 14.6 Å². The van der Waals surface area contributed by atoms with Gasteiger partial charge in [-0.2, -0.15) is 0 Å². The lowest BCUT2D eigenvalue weighted by Crippen LogP contribution is -2.30. The Balaban J connectivity index is 0.000000157. The third kappa shape index (κ3) is 6.05. The lowest BCUT2D eigenvalue weighted by atomic mass is 9.88. The molecule has 8 rings (SSSR count). The van der Waals surface area contributed by atoms with Crippen LogP contribution in [0.2, 0.25) is 0 Å². The fraction of sp³-hybridized carbons (Fsp3) is 0.293. The molecule has 0 amide bonds. The zero-order valence-electron chi connectivity index (χ0n) is 29.0. The van der Waals surface area contributed by atoms with Crippen LogP contribution in [0.5, 0.6) is 11.5 Å². The Morgan fingerprint density at radius 3 is 1.80 bits per heavy atom. The second-order valence-corrected chi connectivity index (χ2v) is 12.9. The number of hydrogen-bond acceptors (Lipinski definition) is 5. The average Bonchev–Trinajstić information content (AvgIpc) is 3.81. The Morgan fingerprint density at radius 1 is 0.700 bits per heavy atom. The van der Waals surface area contributed by atoms with Crippen LogP contribution in [0.3, 0.4) is 0 Å². The van der Waals surface area contributed by atoms with E-state index in [9.17, 15) is 13.6 Å². The Hall–Kier alpha value is -4.99. The van der Waals surface area contributed by atoms with Gasteiger partial charge in [-0.25, -0.2) is 8.78 Å². The molecule has 0 spiro atoms. The van der Waals surface area contributed by atoms with E-state index >= 15 is 0 Å². The van der Waals surface area contributed by atoms with Gasteiger partial charge < -0.3 is 19.4 Å². The van der Waals surface area contributed by atoms with Gasteiger partial charge in [-0.05, 0) is 114 Å². The quantitative estimate of drug-likeness (QED) is 0.166. The highest BCUT2D eigenvalue weighted by atomic mass is 19.1. The highest BCUT2D eigenvalue weighted by Gasteiger charge is 2.26. The van der Waals surface area contributed by atoms with Crippen LogP contribution in [0.1, 0.15) is 46.5 Å². The van der Waals surface area contributed by atoms with Crippen molar-refractivity contribution in [3.05, 3.63) is 106 Å². The molecule has 0 atom stereocenters. The number of aromatic amines is 2. The number of likely N-dealkylation sites (N-methyl/N-ethyl adjacent to an activating group) is 2. The number of aromatic nitrogens is 2. The van der Waals surface area contributed by atoms with Crippen molar-refractivity contribution >= 4 is 28.1 Å². The first-order valence-corrected chi connectivity index (χ1v) is 17.2. The number of benzene rings is 4. The van der Waals surface area contributed by atoms with Crippen molar-refractivity contribution in [2.24, 2.45) is 0 Å². The second-order valence-electron chi connectivity index (χ2n) is 12.9. The average molecular weight is 677 g/mol. The Morgan fingerprint density at radius 2 is 1.26 bits per heavy atom. The van der Waals surface area contributed by atoms with Crippen molar-refractivity contribution in [1.29, 1.82) is 0 Å². The predicted molar refractivity (Wildman–Crippen MR) is 195 cm³/mol. The van der Waals surface area contributed by atoms with E-state index < -0.39 is 0 Å². The fourth-order valence-corrected chi connectivity index (χ4v) is 7.68. The lowest BCUT2D eigenvalue weighted by Gasteiger charge is -2.30. The third-order valence-corrected chi connectivity index (χ3v) is 10.3. The van der Waals surface area contributed by atoms with Crippen LogP contribution in [0, 0.1) is 11.6 Å². The highest BCUT2D eigenvalue weighted by molar-refractivity contribution is 6.02. The van der Waals surface area contributed by atoms with Gasteiger partial charge in [-0.15, -0.1) is 0 Å². The van der Waals surface area contributed by atoms with Crippen molar-refractivity contribution in [2.45, 2.75) is 39.8 Å². The molecule has 0 radical (unpaired) electrons. The minimum absolute atomic E-state index is 0.236. The van der Waals surface area contributed by atoms with Crippen molar-refractivity contribution in [3.8, 4) is 33.8 Å². The van der Waals surface area contributed by atoms with Crippen molar-refractivity contribution in [2.75, 3.05) is 40.4 Å². The molecule has 4 heterocycles. The maximum absolute atomic E-state index is 14.0. The maximum atomic E-state index is 14.0. The fourth-order valence-electron chi connectivity index (χ4n) is 7.68. The number of nitrogens with one attached hydrogen (secondary N) is 2. The first-order chi connectivity index (χ1) is 24.4. The minimum atomic E-state index is -0.301. The summed E-state index contributed by atoms with van der Waals surface area (Å²) in [4.78, 5) is 22.9. The topological polar surface area (TPSA) is 73.6 Å². The van der Waals surface area contributed by atoms with E-state index in [2.05, 4.69) is 45.7 Å². The number of fused-ring (bicyclic) bond motifs is 6. The van der Waals surface area contributed by atoms with Gasteiger partial charge in [-0.1, -0.05) is 13.8 Å². The zero-order valence-corrected chi connectivity index (χ0v) is 29.0. The normalized spacial score (nSPS) is 14.6. The van der Waals surface area contributed by atoms with Gasteiger partial charge in [0.25, 0.3) is 0 Å². The Labute approximate surface area is 290 Å². The van der Waals surface area contributed by atoms with Crippen LogP contribution < -0.4 is 9.47 Å². The molecule has 7 nitrogen and oxygen atoms in total. The summed E-state index contributed by atoms with van der Waals surface area (Å²) in [5.41, 5.74) is 11.4. The van der Waals surface area contributed by atoms with Gasteiger partial charge >= 0.3 is 0 Å². The summed E-state index contributed by atoms with van der Waals surface area (Å²) in [5, 5.41) is 2.03. The Bertz CT molecular complexity index is 2200. The summed E-state index contributed by atoms with van der Waals surface area (Å²) in [5.74, 6) is 0.811. The van der Waals surface area contributed by atoms with E-state index in [0.717, 1.165) is 96.9 Å². The molecule has 0 unspecified atom stereocenters. The summed E-state index contributed by atoms with van der Waals surface area (Å²) >= 11 is 0. The molecular weight excluding hydrogens is 634 g/mol. The molecule has 6 aromatic rings. The SMILES string of the molecule is CCN1CCc2c(-c3cc(F)ccc3OC)cc3c(C=O)c[nH]c3c2C1.CCN1CCc2c(-c3cc(F)ccc3OC)cc3cc[nH]c3c2C1. The minimum Gasteiger partial charge on any atom is -0.496 e. The standard InChI is InChI=1S/C21H21FN2O2.C20H21FN2O/c1-3-24-7-6-15-17(18-8-14(22)4-5-20(18)26-2)9-16-13(12-25)10-23-21(16)19(15)11-24;1-3-23-9-7-15-16(17-11-14(21)4-5-19(17)24-2)10-13-6-8-22-20(13)18(15)12-23/h4-5,8-10,12,23H,3,6-7,11H2,1-2H3;4-6,8,10-11,22H,3,7,9,12H2,1-2H3. The van der Waals surface area contributed by atoms with Crippen LogP contribution in [0.15, 0.2) is 67.0 Å². The molecular formula is C41H42F2N4O3. The number of nitrogens with zero attached hydrogens (tertiary/aromatic N) is 2. The molecule has 2 aliphatic heterocycles. The molecule has 0 bridgehead atoms. The third-order valence-electron chi connectivity index (χ3n) is 10.3. The molecule has 9 heteroatoms. The number of ether oxygens (including phenoxy) is 2. The van der Waals surface area contributed by atoms with E-state index in [4.69, 9.17) is 9.47 Å². The van der Waals surface area contributed by atoms with Crippen molar-refractivity contribution in [3.63, 3.8) is 0 Å². The van der Waals surface area contributed by atoms with Crippen molar-refractivity contribution < 1.29 is 23.0 Å². The molecule has 0 saturated carbocycles. The lowest BCUT2D eigenvalue weighted by molar-refractivity contribution is 0.112. The van der Waals surface area contributed by atoms with Crippen LogP contribution in [0.25, 0.3) is 44.1 Å². The molecule has 50 heavy (non-hydrogen) atoms. The van der Waals surface area contributed by atoms with E-state index in [-0.39, 0.29) is 11.6 Å². The summed E-state index contributed by atoms with van der Waals surface area (Å²) in [6.45, 7) is 10.1. The monoisotopic (exact) mass is 676 g/mol. The van der Waals surface area contributed by atoms with Crippen LogP contribution >= 0.6 is 0 Å². The molecule has 0 aliphatic carbocycles. The van der Waals surface area contributed by atoms with Crippen LogP contribution in [-0.4, -0.2) is 66.5 Å². The van der Waals surface area contributed by atoms with E-state index in [1.54, 1.807) is 38.6 Å². The molecule has 258 valence electrons. The summed E-state index contributed by atoms with van der Waals surface area (Å²) < 4.78 is 38.9. The van der Waals surface area contributed by atoms with Gasteiger partial charge in [0.2, 0.25) is 0 Å². The van der Waals surface area contributed by atoms with Gasteiger partial charge in [0.15, 0.2) is 6.29 Å². The number of methoxy groups -OCH3 is 2. The van der Waals surface area contributed by atoms with Crippen molar-refractivity contribution in [1.82, 2.24) is 19.8 Å². The van der Waals surface area contributed by atoms with E-state index in [1.165, 1.54) is 46.0 Å².